The van der Waals surface area contributed by atoms with Crippen LogP contribution in [0.4, 0.5) is 0 Å². The maximum absolute atomic E-state index is 12.1. The summed E-state index contributed by atoms with van der Waals surface area (Å²) in [5.41, 5.74) is 1.74. The predicted molar refractivity (Wildman–Crippen MR) is 74.6 cm³/mol. The smallest absolute Gasteiger partial charge is 0.252 e. The van der Waals surface area contributed by atoms with Crippen molar-refractivity contribution in [3.63, 3.8) is 0 Å². The summed E-state index contributed by atoms with van der Waals surface area (Å²) in [4.78, 5) is 12.1. The minimum absolute atomic E-state index is 0.0491. The van der Waals surface area contributed by atoms with Crippen molar-refractivity contribution < 1.29 is 9.90 Å². The number of hydrogen-bond donors (Lipinski definition) is 2. The normalized spacial score (nSPS) is 23.1. The Balaban J connectivity index is 1.93. The lowest BCUT2D eigenvalue weighted by molar-refractivity contribution is 0.0944. The summed E-state index contributed by atoms with van der Waals surface area (Å²) in [6, 6.07) is 5.74. The predicted octanol–water partition coefficient (Wildman–Crippen LogP) is 2.65. The Bertz CT molecular complexity index is 447. The first-order valence-electron chi connectivity index (χ1n) is 6.28. The molecule has 2 atom stereocenters. The average Bonchev–Trinajstić information content (AvgIpc) is 2.75. The van der Waals surface area contributed by atoms with E-state index in [-0.39, 0.29) is 12.0 Å². The van der Waals surface area contributed by atoms with E-state index in [0.29, 0.717) is 18.0 Å². The molecule has 0 aromatic heterocycles. The Hall–Kier alpha value is -0.870. The largest absolute Gasteiger partial charge is 0.393 e. The molecule has 0 saturated heterocycles. The van der Waals surface area contributed by atoms with Crippen molar-refractivity contribution in [2.75, 3.05) is 6.54 Å². The van der Waals surface area contributed by atoms with E-state index in [1.165, 1.54) is 0 Å². The molecule has 1 amide bonds. The van der Waals surface area contributed by atoms with E-state index in [9.17, 15) is 9.90 Å². The molecular formula is C14H18BrNO2. The Morgan fingerprint density at radius 1 is 1.50 bits per heavy atom. The Morgan fingerprint density at radius 2 is 2.28 bits per heavy atom. The maximum atomic E-state index is 12.1. The standard InChI is InChI=1S/C14H18BrNO2/c1-9-2-5-13(15)12(6-9)14(18)16-8-10-3-4-11(17)7-10/h2,5-6,10-11,17H,3-4,7-8H2,1H3,(H,16,18). The number of nitrogens with one attached hydrogen (secondary N) is 1. The molecule has 18 heavy (non-hydrogen) atoms. The third kappa shape index (κ3) is 3.33. The molecule has 0 spiro atoms. The van der Waals surface area contributed by atoms with Gasteiger partial charge in [0, 0.05) is 11.0 Å². The molecule has 0 radical (unpaired) electrons. The zero-order valence-corrected chi connectivity index (χ0v) is 12.0. The highest BCUT2D eigenvalue weighted by Crippen LogP contribution is 2.25. The van der Waals surface area contributed by atoms with Gasteiger partial charge in [0.1, 0.15) is 0 Å². The zero-order chi connectivity index (χ0) is 13.1. The van der Waals surface area contributed by atoms with Crippen LogP contribution >= 0.6 is 15.9 Å². The molecule has 2 rings (SSSR count). The van der Waals surface area contributed by atoms with Crippen LogP contribution in [0.25, 0.3) is 0 Å². The number of benzene rings is 1. The topological polar surface area (TPSA) is 49.3 Å². The molecule has 3 nitrogen and oxygen atoms in total. The zero-order valence-electron chi connectivity index (χ0n) is 10.4. The van der Waals surface area contributed by atoms with E-state index < -0.39 is 0 Å². The molecular weight excluding hydrogens is 294 g/mol. The van der Waals surface area contributed by atoms with Crippen LogP contribution in [-0.2, 0) is 0 Å². The van der Waals surface area contributed by atoms with Crippen molar-refractivity contribution in [3.8, 4) is 0 Å². The van der Waals surface area contributed by atoms with E-state index in [2.05, 4.69) is 21.2 Å². The van der Waals surface area contributed by atoms with E-state index in [0.717, 1.165) is 29.3 Å². The lowest BCUT2D eigenvalue weighted by atomic mass is 10.1. The molecule has 0 bridgehead atoms. The number of halogens is 1. The summed E-state index contributed by atoms with van der Waals surface area (Å²) in [7, 11) is 0. The van der Waals surface area contributed by atoms with Gasteiger partial charge in [-0.1, -0.05) is 11.6 Å². The third-order valence-electron chi connectivity index (χ3n) is 3.43. The molecule has 0 aliphatic heterocycles. The molecule has 2 unspecified atom stereocenters. The number of aliphatic hydroxyl groups is 1. The maximum Gasteiger partial charge on any atom is 0.252 e. The molecule has 1 aromatic carbocycles. The van der Waals surface area contributed by atoms with Gasteiger partial charge in [0.05, 0.1) is 11.7 Å². The lowest BCUT2D eigenvalue weighted by Crippen LogP contribution is -2.29. The molecule has 1 aliphatic rings. The number of aliphatic hydroxyl groups excluding tert-OH is 1. The van der Waals surface area contributed by atoms with Gasteiger partial charge in [0.15, 0.2) is 0 Å². The highest BCUT2D eigenvalue weighted by atomic mass is 79.9. The van der Waals surface area contributed by atoms with Crippen LogP contribution in [0.3, 0.4) is 0 Å². The molecule has 1 saturated carbocycles. The van der Waals surface area contributed by atoms with Gasteiger partial charge in [-0.3, -0.25) is 4.79 Å². The van der Waals surface area contributed by atoms with Crippen LogP contribution in [0.15, 0.2) is 22.7 Å². The monoisotopic (exact) mass is 311 g/mol. The summed E-state index contributed by atoms with van der Waals surface area (Å²) >= 11 is 3.39. The second-order valence-corrected chi connectivity index (χ2v) is 5.88. The Labute approximate surface area is 116 Å². The van der Waals surface area contributed by atoms with Gasteiger partial charge in [-0.05, 0) is 60.2 Å². The molecule has 1 fully saturated rings. The fraction of sp³-hybridized carbons (Fsp3) is 0.500. The van der Waals surface area contributed by atoms with Crippen LogP contribution in [0.2, 0.25) is 0 Å². The first kappa shape index (κ1) is 13.6. The highest BCUT2D eigenvalue weighted by Gasteiger charge is 2.23. The molecule has 1 aromatic rings. The number of carbonyl (C=O) groups excluding carboxylic acids is 1. The van der Waals surface area contributed by atoms with E-state index in [1.54, 1.807) is 0 Å². The second kappa shape index (κ2) is 5.85. The van der Waals surface area contributed by atoms with E-state index >= 15 is 0 Å². The number of aryl methyl sites for hydroxylation is 1. The number of hydrogen-bond acceptors (Lipinski definition) is 2. The van der Waals surface area contributed by atoms with E-state index in [1.807, 2.05) is 25.1 Å². The number of rotatable bonds is 3. The highest BCUT2D eigenvalue weighted by molar-refractivity contribution is 9.10. The third-order valence-corrected chi connectivity index (χ3v) is 4.12. The van der Waals surface area contributed by atoms with Crippen molar-refractivity contribution in [2.45, 2.75) is 32.3 Å². The van der Waals surface area contributed by atoms with Gasteiger partial charge in [0.2, 0.25) is 0 Å². The fourth-order valence-corrected chi connectivity index (χ4v) is 2.81. The second-order valence-electron chi connectivity index (χ2n) is 5.03. The van der Waals surface area contributed by atoms with Crippen molar-refractivity contribution in [1.29, 1.82) is 0 Å². The van der Waals surface area contributed by atoms with Crippen molar-refractivity contribution in [2.24, 2.45) is 5.92 Å². The summed E-state index contributed by atoms with van der Waals surface area (Å²) < 4.78 is 0.817. The summed E-state index contributed by atoms with van der Waals surface area (Å²) in [6.07, 6.45) is 2.47. The first-order valence-corrected chi connectivity index (χ1v) is 7.08. The van der Waals surface area contributed by atoms with Crippen molar-refractivity contribution in [1.82, 2.24) is 5.32 Å². The number of amides is 1. The van der Waals surface area contributed by atoms with Crippen LogP contribution in [0.1, 0.15) is 35.2 Å². The molecule has 98 valence electrons. The quantitative estimate of drug-likeness (QED) is 0.901. The van der Waals surface area contributed by atoms with Crippen LogP contribution in [0.5, 0.6) is 0 Å². The van der Waals surface area contributed by atoms with Gasteiger partial charge in [-0.2, -0.15) is 0 Å². The molecule has 4 heteroatoms. The average molecular weight is 312 g/mol. The Kier molecular flexibility index (Phi) is 4.40. The summed E-state index contributed by atoms with van der Waals surface area (Å²) in [5.74, 6) is 0.361. The Morgan fingerprint density at radius 3 is 2.94 bits per heavy atom. The molecule has 2 N–H and O–H groups in total. The molecule has 0 heterocycles. The van der Waals surface area contributed by atoms with Crippen LogP contribution in [-0.4, -0.2) is 23.7 Å². The minimum atomic E-state index is -0.183. The summed E-state index contributed by atoms with van der Waals surface area (Å²) in [6.45, 7) is 2.62. The minimum Gasteiger partial charge on any atom is -0.393 e. The fourth-order valence-electron chi connectivity index (χ4n) is 2.38. The molecule has 1 aliphatic carbocycles. The SMILES string of the molecule is Cc1ccc(Br)c(C(=O)NCC2CCC(O)C2)c1. The van der Waals surface area contributed by atoms with Crippen LogP contribution in [0, 0.1) is 12.8 Å². The van der Waals surface area contributed by atoms with E-state index in [4.69, 9.17) is 0 Å². The lowest BCUT2D eigenvalue weighted by Gasteiger charge is -2.12. The van der Waals surface area contributed by atoms with Gasteiger partial charge in [0.25, 0.3) is 5.91 Å². The van der Waals surface area contributed by atoms with Gasteiger partial charge in [-0.25, -0.2) is 0 Å². The van der Waals surface area contributed by atoms with Crippen molar-refractivity contribution >= 4 is 21.8 Å². The van der Waals surface area contributed by atoms with Gasteiger partial charge < -0.3 is 10.4 Å². The van der Waals surface area contributed by atoms with Gasteiger partial charge in [-0.15, -0.1) is 0 Å². The van der Waals surface area contributed by atoms with Gasteiger partial charge >= 0.3 is 0 Å². The van der Waals surface area contributed by atoms with Crippen LogP contribution < -0.4 is 5.32 Å². The van der Waals surface area contributed by atoms with Crippen molar-refractivity contribution in [3.05, 3.63) is 33.8 Å². The number of carbonyl (C=O) groups is 1. The summed E-state index contributed by atoms with van der Waals surface area (Å²) in [5, 5.41) is 12.4. The first-order chi connectivity index (χ1) is 8.56.